The van der Waals surface area contributed by atoms with E-state index in [2.05, 4.69) is 23.0 Å². The van der Waals surface area contributed by atoms with Gasteiger partial charge in [0.25, 0.3) is 0 Å². The van der Waals surface area contributed by atoms with E-state index in [9.17, 15) is 0 Å². The van der Waals surface area contributed by atoms with Gasteiger partial charge in [0.2, 0.25) is 0 Å². The first-order chi connectivity index (χ1) is 7.85. The summed E-state index contributed by atoms with van der Waals surface area (Å²) in [6.45, 7) is 5.72. The number of fused-ring (bicyclic) bond motifs is 1. The number of pyridine rings is 1. The lowest BCUT2D eigenvalue weighted by Gasteiger charge is -2.18. The minimum atomic E-state index is 0.701. The lowest BCUT2D eigenvalue weighted by atomic mass is 10.2. The van der Waals surface area contributed by atoms with Crippen LogP contribution in [0.15, 0.2) is 30.6 Å². The third-order valence-electron chi connectivity index (χ3n) is 2.79. The molecule has 0 aliphatic carbocycles. The molecule has 0 amide bonds. The highest BCUT2D eigenvalue weighted by Crippen LogP contribution is 2.12. The fraction of sp³-hybridized carbons (Fsp3) is 0.417. The van der Waals surface area contributed by atoms with Crippen LogP contribution in [0.1, 0.15) is 12.5 Å². The van der Waals surface area contributed by atoms with Crippen molar-refractivity contribution in [3.63, 3.8) is 0 Å². The lowest BCUT2D eigenvalue weighted by Crippen LogP contribution is -2.28. The molecule has 2 N–H and O–H groups in total. The van der Waals surface area contributed by atoms with E-state index in [1.54, 1.807) is 0 Å². The van der Waals surface area contributed by atoms with Crippen LogP contribution in [0.3, 0.4) is 0 Å². The molecule has 0 atom stereocenters. The minimum absolute atomic E-state index is 0.701. The third-order valence-corrected chi connectivity index (χ3v) is 2.79. The van der Waals surface area contributed by atoms with Gasteiger partial charge in [-0.2, -0.15) is 5.10 Å². The summed E-state index contributed by atoms with van der Waals surface area (Å²) in [7, 11) is 0. The molecule has 0 aromatic carbocycles. The molecule has 0 bridgehead atoms. The lowest BCUT2D eigenvalue weighted by molar-refractivity contribution is 0.289. The summed E-state index contributed by atoms with van der Waals surface area (Å²) in [6.07, 6.45) is 3.91. The summed E-state index contributed by atoms with van der Waals surface area (Å²) in [4.78, 5) is 2.32. The standard InChI is InChI=1S/C12H18N4/c1-2-15(8-6-13)10-11-9-14-16-7-4-3-5-12(11)16/h3-5,7,9H,2,6,8,10,13H2,1H3. The number of rotatable bonds is 5. The second-order valence-electron chi connectivity index (χ2n) is 3.86. The molecule has 2 rings (SSSR count). The molecule has 0 radical (unpaired) electrons. The van der Waals surface area contributed by atoms with Crippen molar-refractivity contribution in [2.24, 2.45) is 5.73 Å². The first-order valence-electron chi connectivity index (χ1n) is 5.68. The normalized spacial score (nSPS) is 11.4. The molecule has 2 aromatic heterocycles. The van der Waals surface area contributed by atoms with Crippen LogP contribution in [-0.2, 0) is 6.54 Å². The SMILES string of the molecule is CCN(CCN)Cc1cnn2ccccc12. The van der Waals surface area contributed by atoms with Crippen molar-refractivity contribution in [3.8, 4) is 0 Å². The van der Waals surface area contributed by atoms with E-state index in [0.29, 0.717) is 6.54 Å². The Balaban J connectivity index is 2.20. The number of nitrogens with zero attached hydrogens (tertiary/aromatic N) is 3. The second-order valence-corrected chi connectivity index (χ2v) is 3.86. The Bertz CT molecular complexity index is 449. The fourth-order valence-corrected chi connectivity index (χ4v) is 1.88. The van der Waals surface area contributed by atoms with Gasteiger partial charge in [0.05, 0.1) is 11.7 Å². The van der Waals surface area contributed by atoms with Crippen molar-refractivity contribution in [3.05, 3.63) is 36.2 Å². The molecular weight excluding hydrogens is 200 g/mol. The monoisotopic (exact) mass is 218 g/mol. The van der Waals surface area contributed by atoms with Gasteiger partial charge >= 0.3 is 0 Å². The molecule has 0 aliphatic rings. The van der Waals surface area contributed by atoms with E-state index in [4.69, 9.17) is 5.73 Å². The van der Waals surface area contributed by atoms with Gasteiger partial charge in [-0.15, -0.1) is 0 Å². The maximum Gasteiger partial charge on any atom is 0.0706 e. The van der Waals surface area contributed by atoms with Gasteiger partial charge in [-0.05, 0) is 18.7 Å². The maximum atomic E-state index is 5.58. The molecule has 0 unspecified atom stereocenters. The van der Waals surface area contributed by atoms with Crippen molar-refractivity contribution in [2.75, 3.05) is 19.6 Å². The summed E-state index contributed by atoms with van der Waals surface area (Å²) in [5.41, 5.74) is 8.02. The Hall–Kier alpha value is -1.39. The zero-order chi connectivity index (χ0) is 11.4. The average Bonchev–Trinajstić information content (AvgIpc) is 2.72. The smallest absolute Gasteiger partial charge is 0.0706 e. The van der Waals surface area contributed by atoms with Crippen LogP contribution >= 0.6 is 0 Å². The molecule has 0 spiro atoms. The van der Waals surface area contributed by atoms with Gasteiger partial charge in [0.15, 0.2) is 0 Å². The Morgan fingerprint density at radius 1 is 1.44 bits per heavy atom. The van der Waals surface area contributed by atoms with E-state index < -0.39 is 0 Å². The molecule has 16 heavy (non-hydrogen) atoms. The van der Waals surface area contributed by atoms with Gasteiger partial charge in [0.1, 0.15) is 0 Å². The molecule has 4 heteroatoms. The highest BCUT2D eigenvalue weighted by atomic mass is 15.2. The zero-order valence-electron chi connectivity index (χ0n) is 9.63. The maximum absolute atomic E-state index is 5.58. The van der Waals surface area contributed by atoms with E-state index in [0.717, 1.165) is 19.6 Å². The number of hydrogen-bond donors (Lipinski definition) is 1. The van der Waals surface area contributed by atoms with E-state index in [1.807, 2.05) is 29.0 Å². The Morgan fingerprint density at radius 3 is 3.06 bits per heavy atom. The van der Waals surface area contributed by atoms with E-state index in [1.165, 1.54) is 11.1 Å². The second kappa shape index (κ2) is 5.09. The quantitative estimate of drug-likeness (QED) is 0.818. The minimum Gasteiger partial charge on any atom is -0.329 e. The number of hydrogen-bond acceptors (Lipinski definition) is 3. The van der Waals surface area contributed by atoms with Gasteiger partial charge in [-0.1, -0.05) is 13.0 Å². The summed E-state index contributed by atoms with van der Waals surface area (Å²) in [6, 6.07) is 6.12. The van der Waals surface area contributed by atoms with Crippen LogP contribution in [0.5, 0.6) is 0 Å². The summed E-state index contributed by atoms with van der Waals surface area (Å²) < 4.78 is 1.91. The fourth-order valence-electron chi connectivity index (χ4n) is 1.88. The highest BCUT2D eigenvalue weighted by Gasteiger charge is 2.07. The summed E-state index contributed by atoms with van der Waals surface area (Å²) in [5.74, 6) is 0. The molecule has 2 heterocycles. The van der Waals surface area contributed by atoms with Gasteiger partial charge < -0.3 is 5.73 Å². The summed E-state index contributed by atoms with van der Waals surface area (Å²) >= 11 is 0. The predicted molar refractivity (Wildman–Crippen MR) is 65.2 cm³/mol. The van der Waals surface area contributed by atoms with Crippen LogP contribution < -0.4 is 5.73 Å². The molecule has 0 saturated carbocycles. The topological polar surface area (TPSA) is 46.6 Å². The highest BCUT2D eigenvalue weighted by molar-refractivity contribution is 5.53. The van der Waals surface area contributed by atoms with Crippen LogP contribution in [0.4, 0.5) is 0 Å². The van der Waals surface area contributed by atoms with Crippen molar-refractivity contribution in [1.82, 2.24) is 14.5 Å². The number of nitrogens with two attached hydrogens (primary N) is 1. The molecule has 2 aromatic rings. The van der Waals surface area contributed by atoms with Crippen molar-refractivity contribution >= 4 is 5.52 Å². The van der Waals surface area contributed by atoms with Crippen molar-refractivity contribution in [1.29, 1.82) is 0 Å². The van der Waals surface area contributed by atoms with Crippen LogP contribution in [-0.4, -0.2) is 34.1 Å². The first kappa shape index (κ1) is 11.1. The largest absolute Gasteiger partial charge is 0.329 e. The van der Waals surface area contributed by atoms with Crippen LogP contribution in [0.2, 0.25) is 0 Å². The molecular formula is C12H18N4. The number of aromatic nitrogens is 2. The first-order valence-corrected chi connectivity index (χ1v) is 5.68. The Labute approximate surface area is 95.7 Å². The van der Waals surface area contributed by atoms with E-state index >= 15 is 0 Å². The van der Waals surface area contributed by atoms with Gasteiger partial charge in [-0.3, -0.25) is 4.90 Å². The summed E-state index contributed by atoms with van der Waals surface area (Å²) in [5, 5.41) is 4.32. The molecule has 4 nitrogen and oxygen atoms in total. The molecule has 0 fully saturated rings. The van der Waals surface area contributed by atoms with Crippen molar-refractivity contribution in [2.45, 2.75) is 13.5 Å². The molecule has 0 saturated heterocycles. The third kappa shape index (κ3) is 2.23. The zero-order valence-corrected chi connectivity index (χ0v) is 9.63. The molecule has 86 valence electrons. The van der Waals surface area contributed by atoms with Crippen LogP contribution in [0, 0.1) is 0 Å². The van der Waals surface area contributed by atoms with Crippen molar-refractivity contribution < 1.29 is 0 Å². The van der Waals surface area contributed by atoms with Gasteiger partial charge in [-0.25, -0.2) is 4.52 Å². The number of likely N-dealkylation sites (N-methyl/N-ethyl adjacent to an activating group) is 1. The van der Waals surface area contributed by atoms with Gasteiger partial charge in [0, 0.05) is 31.4 Å². The average molecular weight is 218 g/mol. The predicted octanol–water partition coefficient (Wildman–Crippen LogP) is 1.11. The Kier molecular flexibility index (Phi) is 3.54. The molecule has 0 aliphatic heterocycles. The Morgan fingerprint density at radius 2 is 2.31 bits per heavy atom. The van der Waals surface area contributed by atoms with Crippen LogP contribution in [0.25, 0.3) is 5.52 Å². The van der Waals surface area contributed by atoms with E-state index in [-0.39, 0.29) is 0 Å².